The summed E-state index contributed by atoms with van der Waals surface area (Å²) in [6.45, 7) is 3.14. The lowest BCUT2D eigenvalue weighted by Crippen LogP contribution is -2.47. The second-order valence-corrected chi connectivity index (χ2v) is 10.5. The third kappa shape index (κ3) is 6.04. The van der Waals surface area contributed by atoms with Crippen LogP contribution >= 0.6 is 0 Å². The standard InChI is InChI=1S/C34H34N4O3/c1-41-32-10-6-5-9-31(32)38-21-19-37(20-22-38)30-18-17-28(23-29(30)34(40)35-27-15-16-27)36-33(39)26-13-11-25(12-14-26)24-7-3-2-4-8-24/h2-14,17-18,23,27H,15-16,19-22H2,1H3,(H,35,40)(H,36,39). The van der Waals surface area contributed by atoms with Gasteiger partial charge in [0.1, 0.15) is 5.75 Å². The zero-order valence-corrected chi connectivity index (χ0v) is 23.2. The Hall–Kier alpha value is -4.78. The van der Waals surface area contributed by atoms with E-state index in [1.165, 1.54) is 0 Å². The highest BCUT2D eigenvalue weighted by Crippen LogP contribution is 2.32. The summed E-state index contributed by atoms with van der Waals surface area (Å²) in [5.41, 5.74) is 5.86. The first-order valence-corrected chi connectivity index (χ1v) is 14.1. The lowest BCUT2D eigenvalue weighted by atomic mass is 10.0. The first kappa shape index (κ1) is 26.4. The number of para-hydroxylation sites is 2. The SMILES string of the molecule is COc1ccccc1N1CCN(c2ccc(NC(=O)c3ccc(-c4ccccc4)cc3)cc2C(=O)NC2CC2)CC1. The van der Waals surface area contributed by atoms with Crippen molar-refractivity contribution in [2.24, 2.45) is 0 Å². The molecule has 2 aliphatic rings. The first-order valence-electron chi connectivity index (χ1n) is 14.1. The number of nitrogens with zero attached hydrogens (tertiary/aromatic N) is 2. The number of hydrogen-bond acceptors (Lipinski definition) is 5. The summed E-state index contributed by atoms with van der Waals surface area (Å²) in [5.74, 6) is 0.551. The lowest BCUT2D eigenvalue weighted by molar-refractivity contribution is 0.0950. The number of anilines is 3. The van der Waals surface area contributed by atoms with Crippen molar-refractivity contribution in [3.8, 4) is 16.9 Å². The Labute approximate surface area is 240 Å². The minimum Gasteiger partial charge on any atom is -0.495 e. The number of piperazine rings is 1. The molecule has 2 amide bonds. The predicted octanol–water partition coefficient (Wildman–Crippen LogP) is 5.83. The molecular formula is C34H34N4O3. The van der Waals surface area contributed by atoms with Gasteiger partial charge in [0, 0.05) is 49.2 Å². The van der Waals surface area contributed by atoms with Crippen LogP contribution in [0, 0.1) is 0 Å². The number of hydrogen-bond donors (Lipinski definition) is 2. The minimum atomic E-state index is -0.212. The summed E-state index contributed by atoms with van der Waals surface area (Å²) in [6.07, 6.45) is 2.02. The molecule has 6 rings (SSSR count). The van der Waals surface area contributed by atoms with Gasteiger partial charge in [-0.05, 0) is 66.4 Å². The molecule has 0 aromatic heterocycles. The van der Waals surface area contributed by atoms with Gasteiger partial charge in [0.25, 0.3) is 11.8 Å². The van der Waals surface area contributed by atoms with Crippen LogP contribution < -0.4 is 25.2 Å². The molecular weight excluding hydrogens is 512 g/mol. The van der Waals surface area contributed by atoms with Crippen LogP contribution in [0.25, 0.3) is 11.1 Å². The number of rotatable bonds is 8. The zero-order chi connectivity index (χ0) is 28.2. The molecule has 1 heterocycles. The Morgan fingerprint density at radius 2 is 1.34 bits per heavy atom. The predicted molar refractivity (Wildman–Crippen MR) is 164 cm³/mol. The Balaban J connectivity index is 1.18. The van der Waals surface area contributed by atoms with Crippen LogP contribution in [-0.2, 0) is 0 Å². The van der Waals surface area contributed by atoms with E-state index < -0.39 is 0 Å². The fraction of sp³-hybridized carbons (Fsp3) is 0.235. The molecule has 0 radical (unpaired) electrons. The zero-order valence-electron chi connectivity index (χ0n) is 23.2. The van der Waals surface area contributed by atoms with Crippen molar-refractivity contribution >= 4 is 28.9 Å². The van der Waals surface area contributed by atoms with E-state index in [0.717, 1.165) is 67.3 Å². The van der Waals surface area contributed by atoms with Crippen LogP contribution in [0.1, 0.15) is 33.6 Å². The molecule has 0 bridgehead atoms. The van der Waals surface area contributed by atoms with Crippen LogP contribution in [0.2, 0.25) is 0 Å². The monoisotopic (exact) mass is 546 g/mol. The van der Waals surface area contributed by atoms with Gasteiger partial charge in [-0.1, -0.05) is 54.6 Å². The van der Waals surface area contributed by atoms with Crippen molar-refractivity contribution in [1.29, 1.82) is 0 Å². The first-order chi connectivity index (χ1) is 20.1. The smallest absolute Gasteiger partial charge is 0.255 e. The molecule has 2 fully saturated rings. The quantitative estimate of drug-likeness (QED) is 0.291. The van der Waals surface area contributed by atoms with E-state index >= 15 is 0 Å². The molecule has 0 unspecified atom stereocenters. The summed E-state index contributed by atoms with van der Waals surface area (Å²) < 4.78 is 5.56. The molecule has 208 valence electrons. The maximum atomic E-state index is 13.3. The molecule has 1 aliphatic heterocycles. The Morgan fingerprint density at radius 1 is 0.707 bits per heavy atom. The van der Waals surface area contributed by atoms with E-state index in [-0.39, 0.29) is 17.9 Å². The second kappa shape index (κ2) is 11.8. The van der Waals surface area contributed by atoms with Crippen molar-refractivity contribution in [1.82, 2.24) is 5.32 Å². The third-order valence-electron chi connectivity index (χ3n) is 7.71. The van der Waals surface area contributed by atoms with Crippen LogP contribution in [0.5, 0.6) is 5.75 Å². The summed E-state index contributed by atoms with van der Waals surface area (Å²) in [5, 5.41) is 6.12. The largest absolute Gasteiger partial charge is 0.495 e. The molecule has 7 heteroatoms. The van der Waals surface area contributed by atoms with E-state index in [1.54, 1.807) is 13.2 Å². The molecule has 4 aromatic carbocycles. The number of benzene rings is 4. The molecule has 41 heavy (non-hydrogen) atoms. The van der Waals surface area contributed by atoms with Crippen LogP contribution in [0.15, 0.2) is 97.1 Å². The maximum absolute atomic E-state index is 13.3. The maximum Gasteiger partial charge on any atom is 0.255 e. The number of nitrogens with one attached hydrogen (secondary N) is 2. The van der Waals surface area contributed by atoms with Gasteiger partial charge in [-0.25, -0.2) is 0 Å². The van der Waals surface area contributed by atoms with E-state index in [2.05, 4.69) is 26.5 Å². The summed E-state index contributed by atoms with van der Waals surface area (Å²) >= 11 is 0. The van der Waals surface area contributed by atoms with Gasteiger partial charge in [-0.3, -0.25) is 9.59 Å². The summed E-state index contributed by atoms with van der Waals surface area (Å²) in [6, 6.07) is 31.6. The molecule has 1 aliphatic carbocycles. The highest BCUT2D eigenvalue weighted by Gasteiger charge is 2.28. The Bertz CT molecular complexity index is 1530. The number of carbonyl (C=O) groups is 2. The van der Waals surface area contributed by atoms with E-state index in [9.17, 15) is 9.59 Å². The van der Waals surface area contributed by atoms with Gasteiger partial charge < -0.3 is 25.2 Å². The summed E-state index contributed by atoms with van der Waals surface area (Å²) in [7, 11) is 1.69. The number of carbonyl (C=O) groups excluding carboxylic acids is 2. The topological polar surface area (TPSA) is 73.9 Å². The fourth-order valence-electron chi connectivity index (χ4n) is 5.29. The minimum absolute atomic E-state index is 0.0991. The van der Waals surface area contributed by atoms with Crippen LogP contribution in [0.4, 0.5) is 17.1 Å². The van der Waals surface area contributed by atoms with E-state index in [1.807, 2.05) is 84.9 Å². The lowest BCUT2D eigenvalue weighted by Gasteiger charge is -2.38. The molecule has 0 atom stereocenters. The van der Waals surface area contributed by atoms with Crippen molar-refractivity contribution in [3.63, 3.8) is 0 Å². The van der Waals surface area contributed by atoms with Crippen molar-refractivity contribution in [2.45, 2.75) is 18.9 Å². The van der Waals surface area contributed by atoms with E-state index in [0.29, 0.717) is 16.8 Å². The van der Waals surface area contributed by atoms with Gasteiger partial charge >= 0.3 is 0 Å². The molecule has 1 saturated carbocycles. The van der Waals surface area contributed by atoms with Crippen molar-refractivity contribution < 1.29 is 14.3 Å². The average Bonchev–Trinajstić information content (AvgIpc) is 3.85. The Morgan fingerprint density at radius 3 is 2.02 bits per heavy atom. The number of ether oxygens (including phenoxy) is 1. The molecule has 7 nitrogen and oxygen atoms in total. The van der Waals surface area contributed by atoms with E-state index in [4.69, 9.17) is 4.74 Å². The van der Waals surface area contributed by atoms with Gasteiger partial charge in [0.05, 0.1) is 18.4 Å². The highest BCUT2D eigenvalue weighted by molar-refractivity contribution is 6.06. The fourth-order valence-corrected chi connectivity index (χ4v) is 5.29. The molecule has 2 N–H and O–H groups in total. The van der Waals surface area contributed by atoms with Crippen LogP contribution in [0.3, 0.4) is 0 Å². The number of methoxy groups -OCH3 is 1. The van der Waals surface area contributed by atoms with Crippen molar-refractivity contribution in [3.05, 3.63) is 108 Å². The molecule has 4 aromatic rings. The Kier molecular flexibility index (Phi) is 7.58. The third-order valence-corrected chi connectivity index (χ3v) is 7.71. The highest BCUT2D eigenvalue weighted by atomic mass is 16.5. The summed E-state index contributed by atoms with van der Waals surface area (Å²) in [4.78, 5) is 31.0. The number of amides is 2. The van der Waals surface area contributed by atoms with Crippen molar-refractivity contribution in [2.75, 3.05) is 48.4 Å². The van der Waals surface area contributed by atoms with Gasteiger partial charge in [-0.15, -0.1) is 0 Å². The normalized spacial score (nSPS) is 14.9. The van der Waals surface area contributed by atoms with Gasteiger partial charge in [0.15, 0.2) is 0 Å². The van der Waals surface area contributed by atoms with Crippen LogP contribution in [-0.4, -0.2) is 51.1 Å². The average molecular weight is 547 g/mol. The molecule has 1 saturated heterocycles. The van der Waals surface area contributed by atoms with Gasteiger partial charge in [0.2, 0.25) is 0 Å². The second-order valence-electron chi connectivity index (χ2n) is 10.5. The molecule has 0 spiro atoms. The van der Waals surface area contributed by atoms with Gasteiger partial charge in [-0.2, -0.15) is 0 Å².